The zero-order valence-electron chi connectivity index (χ0n) is 12.2. The van der Waals surface area contributed by atoms with Crippen molar-refractivity contribution in [3.8, 4) is 0 Å². The molecule has 0 radical (unpaired) electrons. The highest BCUT2D eigenvalue weighted by Gasteiger charge is 2.32. The molecule has 22 heavy (non-hydrogen) atoms. The summed E-state index contributed by atoms with van der Waals surface area (Å²) in [7, 11) is 1.29. The molecule has 1 heterocycles. The summed E-state index contributed by atoms with van der Waals surface area (Å²) in [6.45, 7) is 0.491. The number of piperidine rings is 1. The molecule has 1 aliphatic heterocycles. The third kappa shape index (κ3) is 3.97. The molecular formula is C15H17F2NO3S. The Morgan fingerprint density at radius 1 is 1.36 bits per heavy atom. The van der Waals surface area contributed by atoms with Crippen LogP contribution < -0.4 is 0 Å². The van der Waals surface area contributed by atoms with Gasteiger partial charge in [-0.05, 0) is 31.4 Å². The topological polar surface area (TPSA) is 46.6 Å². The number of amides is 1. The summed E-state index contributed by atoms with van der Waals surface area (Å²) in [6.07, 6.45) is 2.27. The SMILES string of the molecule is COC(=O)C1CCCCN1C(=O)CSc1ccc(F)cc1F. The maximum atomic E-state index is 13.5. The molecule has 1 fully saturated rings. The lowest BCUT2D eigenvalue weighted by atomic mass is 10.0. The Morgan fingerprint density at radius 3 is 2.82 bits per heavy atom. The average Bonchev–Trinajstić information content (AvgIpc) is 2.53. The van der Waals surface area contributed by atoms with Gasteiger partial charge in [0, 0.05) is 17.5 Å². The van der Waals surface area contributed by atoms with Gasteiger partial charge in [0.2, 0.25) is 5.91 Å². The van der Waals surface area contributed by atoms with E-state index >= 15 is 0 Å². The van der Waals surface area contributed by atoms with Gasteiger partial charge in [0.05, 0.1) is 12.9 Å². The molecule has 1 saturated heterocycles. The molecular weight excluding hydrogens is 312 g/mol. The summed E-state index contributed by atoms with van der Waals surface area (Å²) in [5.41, 5.74) is 0. The number of methoxy groups -OCH3 is 1. The van der Waals surface area contributed by atoms with E-state index in [9.17, 15) is 18.4 Å². The normalized spacial score (nSPS) is 18.1. The molecule has 120 valence electrons. The highest BCUT2D eigenvalue weighted by Crippen LogP contribution is 2.25. The minimum atomic E-state index is -0.694. The van der Waals surface area contributed by atoms with Crippen LogP contribution in [0.25, 0.3) is 0 Å². The number of thioether (sulfide) groups is 1. The predicted molar refractivity (Wildman–Crippen MR) is 78.5 cm³/mol. The Labute approximate surface area is 131 Å². The fourth-order valence-electron chi connectivity index (χ4n) is 2.43. The van der Waals surface area contributed by atoms with Gasteiger partial charge in [0.15, 0.2) is 0 Å². The van der Waals surface area contributed by atoms with Crippen LogP contribution in [0.2, 0.25) is 0 Å². The van der Waals surface area contributed by atoms with E-state index in [2.05, 4.69) is 0 Å². The van der Waals surface area contributed by atoms with Crippen LogP contribution in [0.4, 0.5) is 8.78 Å². The molecule has 1 aromatic carbocycles. The predicted octanol–water partition coefficient (Wildman–Crippen LogP) is 2.61. The first-order valence-electron chi connectivity index (χ1n) is 6.98. The molecule has 1 amide bonds. The monoisotopic (exact) mass is 329 g/mol. The maximum Gasteiger partial charge on any atom is 0.328 e. The van der Waals surface area contributed by atoms with E-state index in [0.717, 1.165) is 36.7 Å². The lowest BCUT2D eigenvalue weighted by molar-refractivity contribution is -0.153. The molecule has 0 bridgehead atoms. The summed E-state index contributed by atoms with van der Waals surface area (Å²) in [5.74, 6) is -2.03. The molecule has 2 rings (SSSR count). The molecule has 1 unspecified atom stereocenters. The molecule has 1 atom stereocenters. The molecule has 1 aromatic rings. The second-order valence-corrected chi connectivity index (χ2v) is 6.00. The number of halogens is 2. The zero-order chi connectivity index (χ0) is 16.1. The fourth-order valence-corrected chi connectivity index (χ4v) is 3.23. The number of ether oxygens (including phenoxy) is 1. The Hall–Kier alpha value is -1.63. The van der Waals surface area contributed by atoms with Crippen molar-refractivity contribution >= 4 is 23.6 Å². The van der Waals surface area contributed by atoms with E-state index in [1.54, 1.807) is 0 Å². The Kier molecular flexibility index (Phi) is 5.76. The summed E-state index contributed by atoms with van der Waals surface area (Å²) in [5, 5.41) is 0. The Bertz CT molecular complexity index is 568. The van der Waals surface area contributed by atoms with Gasteiger partial charge in [-0.15, -0.1) is 11.8 Å². The van der Waals surface area contributed by atoms with Crippen molar-refractivity contribution in [3.63, 3.8) is 0 Å². The van der Waals surface area contributed by atoms with Crippen LogP contribution >= 0.6 is 11.8 Å². The van der Waals surface area contributed by atoms with Crippen molar-refractivity contribution in [2.24, 2.45) is 0 Å². The Morgan fingerprint density at radius 2 is 2.14 bits per heavy atom. The quantitative estimate of drug-likeness (QED) is 0.629. The molecule has 7 heteroatoms. The van der Waals surface area contributed by atoms with Gasteiger partial charge < -0.3 is 9.64 Å². The highest BCUT2D eigenvalue weighted by atomic mass is 32.2. The van der Waals surface area contributed by atoms with Gasteiger partial charge in [0.25, 0.3) is 0 Å². The minimum absolute atomic E-state index is 0.00392. The molecule has 1 aliphatic rings. The van der Waals surface area contributed by atoms with Crippen LogP contribution in [0.5, 0.6) is 0 Å². The van der Waals surface area contributed by atoms with Crippen molar-refractivity contribution < 1.29 is 23.1 Å². The van der Waals surface area contributed by atoms with Gasteiger partial charge in [-0.3, -0.25) is 4.79 Å². The first kappa shape index (κ1) is 16.7. The van der Waals surface area contributed by atoms with E-state index < -0.39 is 23.6 Å². The number of carbonyl (C=O) groups excluding carboxylic acids is 2. The summed E-state index contributed by atoms with van der Waals surface area (Å²) in [4.78, 5) is 25.7. The standard InChI is InChI=1S/C15H17F2NO3S/c1-21-15(20)12-4-2-3-7-18(12)14(19)9-22-13-6-5-10(16)8-11(13)17/h5-6,8,12H,2-4,7,9H2,1H3. The third-order valence-corrected chi connectivity index (χ3v) is 4.57. The zero-order valence-corrected chi connectivity index (χ0v) is 13.0. The molecule has 0 saturated carbocycles. The minimum Gasteiger partial charge on any atom is -0.467 e. The first-order valence-corrected chi connectivity index (χ1v) is 7.96. The molecule has 4 nitrogen and oxygen atoms in total. The van der Waals surface area contributed by atoms with E-state index in [1.165, 1.54) is 18.1 Å². The number of hydrogen-bond donors (Lipinski definition) is 0. The highest BCUT2D eigenvalue weighted by molar-refractivity contribution is 8.00. The smallest absolute Gasteiger partial charge is 0.328 e. The molecule has 0 N–H and O–H groups in total. The largest absolute Gasteiger partial charge is 0.467 e. The van der Waals surface area contributed by atoms with Crippen LogP contribution in [-0.2, 0) is 14.3 Å². The number of hydrogen-bond acceptors (Lipinski definition) is 4. The van der Waals surface area contributed by atoms with Crippen LogP contribution in [-0.4, -0.2) is 42.2 Å². The van der Waals surface area contributed by atoms with E-state index in [1.807, 2.05) is 0 Å². The van der Waals surface area contributed by atoms with Gasteiger partial charge in [-0.25, -0.2) is 13.6 Å². The summed E-state index contributed by atoms with van der Waals surface area (Å²) >= 11 is 0.994. The van der Waals surface area contributed by atoms with Crippen LogP contribution in [0, 0.1) is 11.6 Å². The number of esters is 1. The van der Waals surface area contributed by atoms with Crippen LogP contribution in [0.1, 0.15) is 19.3 Å². The van der Waals surface area contributed by atoms with Gasteiger partial charge >= 0.3 is 5.97 Å². The number of benzene rings is 1. The number of rotatable bonds is 4. The lowest BCUT2D eigenvalue weighted by Crippen LogP contribution is -2.49. The molecule has 0 spiro atoms. The van der Waals surface area contributed by atoms with Crippen molar-refractivity contribution in [2.45, 2.75) is 30.2 Å². The maximum absolute atomic E-state index is 13.5. The van der Waals surface area contributed by atoms with Gasteiger partial charge in [-0.2, -0.15) is 0 Å². The lowest BCUT2D eigenvalue weighted by Gasteiger charge is -2.33. The van der Waals surface area contributed by atoms with Crippen molar-refractivity contribution in [3.05, 3.63) is 29.8 Å². The second-order valence-electron chi connectivity index (χ2n) is 4.99. The van der Waals surface area contributed by atoms with Gasteiger partial charge in [-0.1, -0.05) is 0 Å². The second kappa shape index (κ2) is 7.58. The number of nitrogens with zero attached hydrogens (tertiary/aromatic N) is 1. The number of likely N-dealkylation sites (tertiary alicyclic amines) is 1. The van der Waals surface area contributed by atoms with Crippen molar-refractivity contribution in [2.75, 3.05) is 19.4 Å². The van der Waals surface area contributed by atoms with Crippen molar-refractivity contribution in [1.29, 1.82) is 0 Å². The van der Waals surface area contributed by atoms with Crippen LogP contribution in [0.3, 0.4) is 0 Å². The molecule has 0 aromatic heterocycles. The van der Waals surface area contributed by atoms with Gasteiger partial charge in [0.1, 0.15) is 17.7 Å². The van der Waals surface area contributed by atoms with E-state index in [-0.39, 0.29) is 16.6 Å². The third-order valence-electron chi connectivity index (χ3n) is 3.54. The first-order chi connectivity index (χ1) is 10.5. The Balaban J connectivity index is 1.99. The van der Waals surface area contributed by atoms with Crippen LogP contribution in [0.15, 0.2) is 23.1 Å². The summed E-state index contributed by atoms with van der Waals surface area (Å²) in [6, 6.07) is 2.67. The van der Waals surface area contributed by atoms with E-state index in [0.29, 0.717) is 13.0 Å². The fraction of sp³-hybridized carbons (Fsp3) is 0.467. The van der Waals surface area contributed by atoms with Crippen molar-refractivity contribution in [1.82, 2.24) is 4.90 Å². The molecule has 0 aliphatic carbocycles. The average molecular weight is 329 g/mol. The summed E-state index contributed by atoms with van der Waals surface area (Å²) < 4.78 is 31.1. The number of carbonyl (C=O) groups is 2. The van der Waals surface area contributed by atoms with E-state index in [4.69, 9.17) is 4.74 Å².